The molecule has 0 saturated heterocycles. The molecule has 2 heterocycles. The number of hydrogen-bond acceptors (Lipinski definition) is 6. The van der Waals surface area contributed by atoms with Gasteiger partial charge in [0, 0.05) is 42.7 Å². The summed E-state index contributed by atoms with van der Waals surface area (Å²) in [6, 6.07) is 12.3. The van der Waals surface area contributed by atoms with Gasteiger partial charge in [0.15, 0.2) is 0 Å². The zero-order chi connectivity index (χ0) is 19.3. The molecule has 0 saturated carbocycles. The Balaban J connectivity index is 1.70. The highest BCUT2D eigenvalue weighted by Gasteiger charge is 2.21. The van der Waals surface area contributed by atoms with Crippen LogP contribution in [0, 0.1) is 0 Å². The van der Waals surface area contributed by atoms with Gasteiger partial charge in [-0.2, -0.15) is 0 Å². The number of nitrogens with zero attached hydrogens (tertiary/aromatic N) is 2. The number of rotatable bonds is 7. The van der Waals surface area contributed by atoms with E-state index in [9.17, 15) is 0 Å². The summed E-state index contributed by atoms with van der Waals surface area (Å²) < 4.78 is 11.3. The maximum Gasteiger partial charge on any atom is 0.142 e. The fourth-order valence-corrected chi connectivity index (χ4v) is 3.59. The first kappa shape index (κ1) is 18.4. The van der Waals surface area contributed by atoms with Crippen molar-refractivity contribution in [2.24, 2.45) is 5.16 Å². The second-order valence-corrected chi connectivity index (χ2v) is 6.78. The molecule has 2 aromatic heterocycles. The van der Waals surface area contributed by atoms with Crippen molar-refractivity contribution in [2.45, 2.75) is 19.4 Å². The molecule has 6 heteroatoms. The van der Waals surface area contributed by atoms with E-state index in [4.69, 9.17) is 14.4 Å². The molecule has 144 valence electrons. The van der Waals surface area contributed by atoms with E-state index >= 15 is 0 Å². The van der Waals surface area contributed by atoms with Crippen molar-refractivity contribution < 1.29 is 14.4 Å². The zero-order valence-corrected chi connectivity index (χ0v) is 15.8. The van der Waals surface area contributed by atoms with E-state index < -0.39 is 0 Å². The SMILES string of the molecule is COCCNCc1cc(-c2ccc3c(c2)CC/C3=N/O)c(-c2ccncc2)o1. The summed E-state index contributed by atoms with van der Waals surface area (Å²) in [5.74, 6) is 1.70. The average Bonchev–Trinajstić information content (AvgIpc) is 3.35. The van der Waals surface area contributed by atoms with Crippen molar-refractivity contribution in [3.63, 3.8) is 0 Å². The molecule has 0 unspecified atom stereocenters. The Morgan fingerprint density at radius 1 is 1.11 bits per heavy atom. The summed E-state index contributed by atoms with van der Waals surface area (Å²) in [7, 11) is 1.69. The van der Waals surface area contributed by atoms with Gasteiger partial charge in [0.2, 0.25) is 0 Å². The summed E-state index contributed by atoms with van der Waals surface area (Å²) >= 11 is 0. The maximum absolute atomic E-state index is 9.17. The number of furan rings is 1. The zero-order valence-electron chi connectivity index (χ0n) is 15.8. The van der Waals surface area contributed by atoms with Gasteiger partial charge >= 0.3 is 0 Å². The largest absolute Gasteiger partial charge is 0.459 e. The number of nitrogens with one attached hydrogen (secondary N) is 1. The van der Waals surface area contributed by atoms with Gasteiger partial charge in [0.1, 0.15) is 11.5 Å². The Morgan fingerprint density at radius 3 is 2.75 bits per heavy atom. The molecule has 0 amide bonds. The van der Waals surface area contributed by atoms with E-state index in [-0.39, 0.29) is 0 Å². The fraction of sp³-hybridized carbons (Fsp3) is 0.273. The molecule has 0 radical (unpaired) electrons. The number of aromatic nitrogens is 1. The predicted octanol–water partition coefficient (Wildman–Crippen LogP) is 3.87. The third-order valence-electron chi connectivity index (χ3n) is 4.99. The lowest BCUT2D eigenvalue weighted by atomic mass is 9.98. The van der Waals surface area contributed by atoms with E-state index in [1.54, 1.807) is 19.5 Å². The minimum absolute atomic E-state index is 0.633. The summed E-state index contributed by atoms with van der Waals surface area (Å²) in [5, 5.41) is 15.9. The number of benzene rings is 1. The van der Waals surface area contributed by atoms with Crippen LogP contribution in [0.4, 0.5) is 0 Å². The lowest BCUT2D eigenvalue weighted by Gasteiger charge is -2.06. The van der Waals surface area contributed by atoms with Gasteiger partial charge in [0.25, 0.3) is 0 Å². The minimum Gasteiger partial charge on any atom is -0.459 e. The number of hydrogen-bond donors (Lipinski definition) is 2. The molecule has 3 aromatic rings. The molecule has 4 rings (SSSR count). The number of fused-ring (bicyclic) bond motifs is 1. The van der Waals surface area contributed by atoms with Gasteiger partial charge in [-0.3, -0.25) is 4.98 Å². The Morgan fingerprint density at radius 2 is 1.96 bits per heavy atom. The van der Waals surface area contributed by atoms with Gasteiger partial charge in [-0.15, -0.1) is 0 Å². The van der Waals surface area contributed by atoms with Crippen LogP contribution in [-0.2, 0) is 17.7 Å². The van der Waals surface area contributed by atoms with Crippen molar-refractivity contribution in [3.8, 4) is 22.5 Å². The molecule has 0 aliphatic heterocycles. The fourth-order valence-electron chi connectivity index (χ4n) is 3.59. The van der Waals surface area contributed by atoms with Crippen LogP contribution in [0.1, 0.15) is 23.3 Å². The van der Waals surface area contributed by atoms with Crippen LogP contribution in [0.3, 0.4) is 0 Å². The summed E-state index contributed by atoms with van der Waals surface area (Å²) in [6.07, 6.45) is 5.19. The molecular weight excluding hydrogens is 354 g/mol. The highest BCUT2D eigenvalue weighted by Crippen LogP contribution is 2.37. The van der Waals surface area contributed by atoms with Crippen LogP contribution < -0.4 is 5.32 Å². The van der Waals surface area contributed by atoms with Crippen LogP contribution >= 0.6 is 0 Å². The summed E-state index contributed by atoms with van der Waals surface area (Å²) in [4.78, 5) is 4.11. The Kier molecular flexibility index (Phi) is 5.50. The number of ether oxygens (including phenoxy) is 1. The van der Waals surface area contributed by atoms with Crippen molar-refractivity contribution >= 4 is 5.71 Å². The lowest BCUT2D eigenvalue weighted by Crippen LogP contribution is -2.18. The quantitative estimate of drug-likeness (QED) is 0.371. The maximum atomic E-state index is 9.17. The summed E-state index contributed by atoms with van der Waals surface area (Å²) in [6.45, 7) is 2.05. The topological polar surface area (TPSA) is 79.9 Å². The highest BCUT2D eigenvalue weighted by molar-refractivity contribution is 6.04. The molecule has 0 fully saturated rings. The second-order valence-electron chi connectivity index (χ2n) is 6.78. The smallest absolute Gasteiger partial charge is 0.142 e. The Hall–Kier alpha value is -2.96. The number of pyridine rings is 1. The van der Waals surface area contributed by atoms with Gasteiger partial charge < -0.3 is 19.7 Å². The van der Waals surface area contributed by atoms with Gasteiger partial charge in [0.05, 0.1) is 18.9 Å². The predicted molar refractivity (Wildman–Crippen MR) is 108 cm³/mol. The third-order valence-corrected chi connectivity index (χ3v) is 4.99. The van der Waals surface area contributed by atoms with Gasteiger partial charge in [-0.05, 0) is 42.2 Å². The average molecular weight is 377 g/mol. The van der Waals surface area contributed by atoms with Crippen molar-refractivity contribution in [1.82, 2.24) is 10.3 Å². The Bertz CT molecular complexity index is 980. The number of oxime groups is 1. The minimum atomic E-state index is 0.633. The van der Waals surface area contributed by atoms with Crippen LogP contribution in [0.25, 0.3) is 22.5 Å². The van der Waals surface area contributed by atoms with E-state index in [0.29, 0.717) is 13.2 Å². The first-order chi connectivity index (χ1) is 13.8. The molecule has 1 aliphatic rings. The molecule has 28 heavy (non-hydrogen) atoms. The highest BCUT2D eigenvalue weighted by atomic mass is 16.5. The number of methoxy groups -OCH3 is 1. The normalized spacial score (nSPS) is 14.5. The third kappa shape index (κ3) is 3.69. The van der Waals surface area contributed by atoms with Gasteiger partial charge in [-0.1, -0.05) is 23.4 Å². The molecule has 6 nitrogen and oxygen atoms in total. The first-order valence-electron chi connectivity index (χ1n) is 9.37. The molecule has 2 N–H and O–H groups in total. The molecule has 1 aliphatic carbocycles. The molecule has 0 bridgehead atoms. The Labute approximate surface area is 163 Å². The standard InChI is InChI=1S/C22H23N3O3/c1-27-11-10-24-14-18-13-20(22(28-18)15-6-8-23-9-7-15)17-2-4-19-16(12-17)3-5-21(19)25-26/h2,4,6-9,12-13,24,26H,3,5,10-11,14H2,1H3/b25-21-. The van der Waals surface area contributed by atoms with Crippen LogP contribution in [-0.4, -0.2) is 36.2 Å². The molecule has 0 atom stereocenters. The van der Waals surface area contributed by atoms with Crippen LogP contribution in [0.5, 0.6) is 0 Å². The first-order valence-corrected chi connectivity index (χ1v) is 9.37. The molecule has 0 spiro atoms. The van der Waals surface area contributed by atoms with Crippen LogP contribution in [0.15, 0.2) is 58.4 Å². The van der Waals surface area contributed by atoms with Crippen molar-refractivity contribution in [2.75, 3.05) is 20.3 Å². The van der Waals surface area contributed by atoms with Crippen molar-refractivity contribution in [1.29, 1.82) is 0 Å². The van der Waals surface area contributed by atoms with Crippen molar-refractivity contribution in [3.05, 3.63) is 65.7 Å². The van der Waals surface area contributed by atoms with E-state index in [2.05, 4.69) is 33.7 Å². The van der Waals surface area contributed by atoms with Crippen LogP contribution in [0.2, 0.25) is 0 Å². The lowest BCUT2D eigenvalue weighted by molar-refractivity contribution is 0.198. The summed E-state index contributed by atoms with van der Waals surface area (Å²) in [5.41, 5.74) is 6.12. The monoisotopic (exact) mass is 377 g/mol. The van der Waals surface area contributed by atoms with E-state index in [0.717, 1.165) is 58.9 Å². The van der Waals surface area contributed by atoms with E-state index in [1.807, 2.05) is 18.2 Å². The molecular formula is C22H23N3O3. The molecule has 1 aromatic carbocycles. The number of aryl methyl sites for hydroxylation is 1. The van der Waals surface area contributed by atoms with E-state index in [1.165, 1.54) is 5.56 Å². The van der Waals surface area contributed by atoms with Gasteiger partial charge in [-0.25, -0.2) is 0 Å². The second kappa shape index (κ2) is 8.37.